The van der Waals surface area contributed by atoms with Crippen LogP contribution in [0.1, 0.15) is 42.1 Å². The lowest BCUT2D eigenvalue weighted by atomic mass is 10.1. The highest BCUT2D eigenvalue weighted by atomic mass is 32.2. The highest BCUT2D eigenvalue weighted by Crippen LogP contribution is 2.31. The molecule has 2 heterocycles. The SMILES string of the molecule is C[C@@H]1Cc2ccccc2N1C(=O)COC(=O)c1ccc(S(=O)(=O)N2CCCCC2)cc1. The number of benzene rings is 2. The Balaban J connectivity index is 1.39. The summed E-state index contributed by atoms with van der Waals surface area (Å²) < 4.78 is 32.1. The summed E-state index contributed by atoms with van der Waals surface area (Å²) in [5.41, 5.74) is 2.16. The molecule has 4 rings (SSSR count). The van der Waals surface area contributed by atoms with Gasteiger partial charge in [-0.3, -0.25) is 4.79 Å². The fraction of sp³-hybridized carbons (Fsp3) is 0.391. The number of carbonyl (C=O) groups is 2. The molecule has 1 amide bonds. The number of piperidine rings is 1. The number of nitrogens with zero attached hydrogens (tertiary/aromatic N) is 2. The van der Waals surface area contributed by atoms with E-state index >= 15 is 0 Å². The fourth-order valence-corrected chi connectivity index (χ4v) is 5.76. The molecule has 2 aliphatic heterocycles. The third kappa shape index (κ3) is 4.36. The van der Waals surface area contributed by atoms with E-state index in [4.69, 9.17) is 4.74 Å². The maximum atomic E-state index is 12.7. The first kappa shape index (κ1) is 21.5. The number of carbonyl (C=O) groups excluding carboxylic acids is 2. The van der Waals surface area contributed by atoms with Gasteiger partial charge in [0.2, 0.25) is 10.0 Å². The minimum atomic E-state index is -3.56. The van der Waals surface area contributed by atoms with Gasteiger partial charge in [-0.05, 0) is 62.1 Å². The van der Waals surface area contributed by atoms with Crippen LogP contribution in [0.15, 0.2) is 53.4 Å². The van der Waals surface area contributed by atoms with Crippen LogP contribution in [0.2, 0.25) is 0 Å². The molecular weight excluding hydrogens is 416 g/mol. The van der Waals surface area contributed by atoms with Crippen molar-refractivity contribution in [2.75, 3.05) is 24.6 Å². The Hall–Kier alpha value is -2.71. The van der Waals surface area contributed by atoms with E-state index in [-0.39, 0.29) is 29.0 Å². The summed E-state index contributed by atoms with van der Waals surface area (Å²) >= 11 is 0. The predicted octanol–water partition coefficient (Wildman–Crippen LogP) is 3.00. The van der Waals surface area contributed by atoms with Crippen LogP contribution in [0, 0.1) is 0 Å². The summed E-state index contributed by atoms with van der Waals surface area (Å²) in [7, 11) is -3.56. The molecule has 8 heteroatoms. The van der Waals surface area contributed by atoms with Gasteiger partial charge < -0.3 is 9.64 Å². The molecule has 2 aromatic carbocycles. The highest BCUT2D eigenvalue weighted by molar-refractivity contribution is 7.89. The zero-order chi connectivity index (χ0) is 22.0. The molecule has 0 aliphatic carbocycles. The number of fused-ring (bicyclic) bond motifs is 1. The molecule has 0 radical (unpaired) electrons. The maximum Gasteiger partial charge on any atom is 0.338 e. The molecule has 0 unspecified atom stereocenters. The minimum absolute atomic E-state index is 0.00267. The predicted molar refractivity (Wildman–Crippen MR) is 116 cm³/mol. The summed E-state index contributed by atoms with van der Waals surface area (Å²) in [5.74, 6) is -0.939. The van der Waals surface area contributed by atoms with Gasteiger partial charge in [0.05, 0.1) is 10.5 Å². The average Bonchev–Trinajstić information content (AvgIpc) is 3.13. The molecule has 1 fully saturated rings. The van der Waals surface area contributed by atoms with Crippen molar-refractivity contribution in [1.82, 2.24) is 4.31 Å². The lowest BCUT2D eigenvalue weighted by molar-refractivity contribution is -0.122. The van der Waals surface area contributed by atoms with Crippen LogP contribution in [0.25, 0.3) is 0 Å². The highest BCUT2D eigenvalue weighted by Gasteiger charge is 2.31. The number of anilines is 1. The molecule has 31 heavy (non-hydrogen) atoms. The Morgan fingerprint density at radius 3 is 2.39 bits per heavy atom. The Bertz CT molecular complexity index is 1080. The first-order chi connectivity index (χ1) is 14.9. The quantitative estimate of drug-likeness (QED) is 0.665. The van der Waals surface area contributed by atoms with Crippen molar-refractivity contribution in [3.63, 3.8) is 0 Å². The third-order valence-electron chi connectivity index (χ3n) is 5.85. The number of hydrogen-bond acceptors (Lipinski definition) is 5. The molecule has 0 spiro atoms. The van der Waals surface area contributed by atoms with Gasteiger partial charge in [0.25, 0.3) is 5.91 Å². The lowest BCUT2D eigenvalue weighted by Crippen LogP contribution is -2.38. The summed E-state index contributed by atoms with van der Waals surface area (Å²) in [6.45, 7) is 2.63. The molecule has 7 nitrogen and oxygen atoms in total. The van der Waals surface area contributed by atoms with Gasteiger partial charge in [-0.1, -0.05) is 24.6 Å². The molecule has 0 N–H and O–H groups in total. The topological polar surface area (TPSA) is 84.0 Å². The standard InChI is InChI=1S/C23H26N2O5S/c1-17-15-19-7-3-4-8-21(19)25(17)22(26)16-30-23(27)18-9-11-20(12-10-18)31(28,29)24-13-5-2-6-14-24/h3-4,7-12,17H,2,5-6,13-16H2,1H3/t17-/m1/s1. The normalized spacial score (nSPS) is 19.1. The summed E-state index contributed by atoms with van der Waals surface area (Å²) in [4.78, 5) is 26.9. The molecule has 2 aliphatic rings. The van der Waals surface area contributed by atoms with E-state index in [0.29, 0.717) is 13.1 Å². The molecule has 1 atom stereocenters. The number of rotatable bonds is 5. The Morgan fingerprint density at radius 1 is 1.00 bits per heavy atom. The summed E-state index contributed by atoms with van der Waals surface area (Å²) in [6.07, 6.45) is 3.52. The first-order valence-corrected chi connectivity index (χ1v) is 12.0. The van der Waals surface area contributed by atoms with Crippen molar-refractivity contribution in [3.05, 3.63) is 59.7 Å². The first-order valence-electron chi connectivity index (χ1n) is 10.6. The largest absolute Gasteiger partial charge is 0.452 e. The molecule has 2 aromatic rings. The van der Waals surface area contributed by atoms with Crippen LogP contribution in [0.5, 0.6) is 0 Å². The molecular formula is C23H26N2O5S. The van der Waals surface area contributed by atoms with E-state index in [0.717, 1.165) is 36.9 Å². The van der Waals surface area contributed by atoms with E-state index in [1.807, 2.05) is 31.2 Å². The number of hydrogen-bond donors (Lipinski definition) is 0. The zero-order valence-corrected chi connectivity index (χ0v) is 18.3. The van der Waals surface area contributed by atoms with Gasteiger partial charge >= 0.3 is 5.97 Å². The number of esters is 1. The minimum Gasteiger partial charge on any atom is -0.452 e. The van der Waals surface area contributed by atoms with Crippen LogP contribution < -0.4 is 4.90 Å². The Labute approximate surface area is 182 Å². The summed E-state index contributed by atoms with van der Waals surface area (Å²) in [5, 5.41) is 0. The zero-order valence-electron chi connectivity index (χ0n) is 17.5. The van der Waals surface area contributed by atoms with Crippen LogP contribution in [-0.2, 0) is 26.0 Å². The van der Waals surface area contributed by atoms with Crippen molar-refractivity contribution in [3.8, 4) is 0 Å². The van der Waals surface area contributed by atoms with Gasteiger partial charge in [-0.15, -0.1) is 0 Å². The lowest BCUT2D eigenvalue weighted by Gasteiger charge is -2.25. The van der Waals surface area contributed by atoms with Gasteiger partial charge in [0.1, 0.15) is 0 Å². The van der Waals surface area contributed by atoms with Crippen molar-refractivity contribution < 1.29 is 22.7 Å². The van der Waals surface area contributed by atoms with E-state index in [1.54, 1.807) is 4.90 Å². The molecule has 0 aromatic heterocycles. The van der Waals surface area contributed by atoms with E-state index in [9.17, 15) is 18.0 Å². The van der Waals surface area contributed by atoms with E-state index < -0.39 is 16.0 Å². The number of amides is 1. The Kier molecular flexibility index (Phi) is 6.11. The number of para-hydroxylation sites is 1. The van der Waals surface area contributed by atoms with Crippen LogP contribution in [0.3, 0.4) is 0 Å². The number of sulfonamides is 1. The van der Waals surface area contributed by atoms with Crippen LogP contribution in [-0.4, -0.2) is 50.3 Å². The second kappa shape index (κ2) is 8.80. The Morgan fingerprint density at radius 2 is 1.68 bits per heavy atom. The fourth-order valence-electron chi connectivity index (χ4n) is 4.24. The second-order valence-electron chi connectivity index (χ2n) is 8.01. The van der Waals surface area contributed by atoms with Gasteiger partial charge in [-0.2, -0.15) is 4.31 Å². The smallest absolute Gasteiger partial charge is 0.338 e. The van der Waals surface area contributed by atoms with Gasteiger partial charge in [0.15, 0.2) is 6.61 Å². The molecule has 0 bridgehead atoms. The van der Waals surface area contributed by atoms with E-state index in [1.165, 1.54) is 28.6 Å². The molecule has 0 saturated carbocycles. The summed E-state index contributed by atoms with van der Waals surface area (Å²) in [6, 6.07) is 13.4. The van der Waals surface area contributed by atoms with Gasteiger partial charge in [-0.25, -0.2) is 13.2 Å². The van der Waals surface area contributed by atoms with Crippen LogP contribution in [0.4, 0.5) is 5.69 Å². The van der Waals surface area contributed by atoms with Crippen molar-refractivity contribution in [2.24, 2.45) is 0 Å². The van der Waals surface area contributed by atoms with Gasteiger partial charge in [0, 0.05) is 24.8 Å². The van der Waals surface area contributed by atoms with Crippen molar-refractivity contribution in [1.29, 1.82) is 0 Å². The van der Waals surface area contributed by atoms with Crippen molar-refractivity contribution in [2.45, 2.75) is 43.5 Å². The van der Waals surface area contributed by atoms with E-state index in [2.05, 4.69) is 0 Å². The number of ether oxygens (including phenoxy) is 1. The van der Waals surface area contributed by atoms with Crippen molar-refractivity contribution >= 4 is 27.6 Å². The average molecular weight is 443 g/mol. The monoisotopic (exact) mass is 442 g/mol. The molecule has 1 saturated heterocycles. The van der Waals surface area contributed by atoms with Crippen LogP contribution >= 0.6 is 0 Å². The second-order valence-corrected chi connectivity index (χ2v) is 9.95. The molecule has 164 valence electrons. The third-order valence-corrected chi connectivity index (χ3v) is 7.76. The maximum absolute atomic E-state index is 12.7.